The largest absolute Gasteiger partial charge is 0.396 e. The van der Waals surface area contributed by atoms with Crippen LogP contribution in [0.25, 0.3) is 0 Å². The highest BCUT2D eigenvalue weighted by Gasteiger charge is 2.09. The lowest BCUT2D eigenvalue weighted by atomic mass is 10.4. The number of nitrogens with zero attached hydrogens (tertiary/aromatic N) is 2. The molecule has 0 aliphatic heterocycles. The molecule has 0 amide bonds. The molecule has 0 bridgehead atoms. The maximum atomic E-state index is 11.5. The van der Waals surface area contributed by atoms with Crippen molar-refractivity contribution >= 4 is 10.0 Å². The van der Waals surface area contributed by atoms with Crippen LogP contribution in [0.1, 0.15) is 18.5 Å². The maximum Gasteiger partial charge on any atom is 0.211 e. The molecule has 0 saturated carbocycles. The second-order valence-corrected chi connectivity index (χ2v) is 5.48. The highest BCUT2D eigenvalue weighted by atomic mass is 32.2. The van der Waals surface area contributed by atoms with Gasteiger partial charge in [0, 0.05) is 19.9 Å². The van der Waals surface area contributed by atoms with Crippen LogP contribution in [0.15, 0.2) is 12.3 Å². The molecule has 0 fully saturated rings. The first kappa shape index (κ1) is 13.1. The van der Waals surface area contributed by atoms with Gasteiger partial charge in [0.05, 0.1) is 18.0 Å². The molecule has 0 aromatic carbocycles. The van der Waals surface area contributed by atoms with Crippen LogP contribution >= 0.6 is 0 Å². The molecule has 0 unspecified atom stereocenters. The standard InChI is InChI=1S/C9H17N3O3S/c1-12-5-4-9(11-12)8-10-16(14,15)7-3-2-6-13/h4-5,10,13H,2-3,6-8H2,1H3. The molecule has 1 aromatic heterocycles. The smallest absolute Gasteiger partial charge is 0.211 e. The molecule has 16 heavy (non-hydrogen) atoms. The quantitative estimate of drug-likeness (QED) is 0.643. The van der Waals surface area contributed by atoms with Crippen molar-refractivity contribution in [2.24, 2.45) is 7.05 Å². The van der Waals surface area contributed by atoms with Gasteiger partial charge in [0.1, 0.15) is 0 Å². The average molecular weight is 247 g/mol. The van der Waals surface area contributed by atoms with Gasteiger partial charge in [-0.1, -0.05) is 0 Å². The van der Waals surface area contributed by atoms with Gasteiger partial charge in [0.15, 0.2) is 0 Å². The summed E-state index contributed by atoms with van der Waals surface area (Å²) in [5, 5.41) is 12.6. The number of aliphatic hydroxyl groups excluding tert-OH is 1. The predicted molar refractivity (Wildman–Crippen MR) is 60.2 cm³/mol. The van der Waals surface area contributed by atoms with Gasteiger partial charge in [0.25, 0.3) is 0 Å². The number of nitrogens with one attached hydrogen (secondary N) is 1. The molecular formula is C9H17N3O3S. The van der Waals surface area contributed by atoms with E-state index >= 15 is 0 Å². The number of aromatic nitrogens is 2. The average Bonchev–Trinajstić information content (AvgIpc) is 2.62. The van der Waals surface area contributed by atoms with Crippen molar-refractivity contribution in [2.75, 3.05) is 12.4 Å². The summed E-state index contributed by atoms with van der Waals surface area (Å²) in [5.74, 6) is 0.0421. The lowest BCUT2D eigenvalue weighted by molar-refractivity contribution is 0.287. The van der Waals surface area contributed by atoms with Crippen molar-refractivity contribution in [3.63, 3.8) is 0 Å². The van der Waals surface area contributed by atoms with Gasteiger partial charge in [-0.25, -0.2) is 13.1 Å². The number of hydrogen-bond acceptors (Lipinski definition) is 4. The molecule has 0 aliphatic carbocycles. The van der Waals surface area contributed by atoms with Gasteiger partial charge in [0.2, 0.25) is 10.0 Å². The lowest BCUT2D eigenvalue weighted by Crippen LogP contribution is -2.26. The number of hydrogen-bond donors (Lipinski definition) is 2. The molecule has 0 aliphatic rings. The third-order valence-corrected chi connectivity index (χ3v) is 3.47. The Hall–Kier alpha value is -0.920. The second-order valence-electron chi connectivity index (χ2n) is 3.55. The van der Waals surface area contributed by atoms with E-state index in [2.05, 4.69) is 9.82 Å². The van der Waals surface area contributed by atoms with Crippen LogP contribution < -0.4 is 4.72 Å². The Kier molecular flexibility index (Phi) is 4.91. The monoisotopic (exact) mass is 247 g/mol. The molecule has 6 nitrogen and oxygen atoms in total. The minimum absolute atomic E-state index is 0.0236. The van der Waals surface area contributed by atoms with E-state index in [0.717, 1.165) is 0 Å². The normalized spacial score (nSPS) is 11.9. The minimum Gasteiger partial charge on any atom is -0.396 e. The summed E-state index contributed by atoms with van der Waals surface area (Å²) < 4.78 is 27.0. The number of unbranched alkanes of at least 4 members (excludes halogenated alkanes) is 1. The summed E-state index contributed by atoms with van der Waals surface area (Å²) in [4.78, 5) is 0. The first-order valence-electron chi connectivity index (χ1n) is 5.10. The van der Waals surface area contributed by atoms with Crippen molar-refractivity contribution in [1.82, 2.24) is 14.5 Å². The molecule has 1 rings (SSSR count). The van der Waals surface area contributed by atoms with E-state index in [9.17, 15) is 8.42 Å². The maximum absolute atomic E-state index is 11.5. The summed E-state index contributed by atoms with van der Waals surface area (Å²) in [6, 6.07) is 1.76. The first-order chi connectivity index (χ1) is 7.53. The van der Waals surface area contributed by atoms with E-state index in [-0.39, 0.29) is 18.9 Å². The van der Waals surface area contributed by atoms with Crippen LogP contribution in [0.5, 0.6) is 0 Å². The van der Waals surface area contributed by atoms with E-state index in [1.54, 1.807) is 24.0 Å². The third-order valence-electron chi connectivity index (χ3n) is 2.06. The van der Waals surface area contributed by atoms with Crippen molar-refractivity contribution in [2.45, 2.75) is 19.4 Å². The van der Waals surface area contributed by atoms with E-state index < -0.39 is 10.0 Å². The summed E-state index contributed by atoms with van der Waals surface area (Å²) in [5.41, 5.74) is 0.688. The van der Waals surface area contributed by atoms with Gasteiger partial charge in [-0.3, -0.25) is 4.68 Å². The van der Waals surface area contributed by atoms with Crippen LogP contribution in [0.2, 0.25) is 0 Å². The fourth-order valence-electron chi connectivity index (χ4n) is 1.22. The van der Waals surface area contributed by atoms with Gasteiger partial charge in [-0.05, 0) is 18.9 Å². The molecule has 92 valence electrons. The van der Waals surface area contributed by atoms with Gasteiger partial charge >= 0.3 is 0 Å². The SMILES string of the molecule is Cn1ccc(CNS(=O)(=O)CCCCO)n1. The number of rotatable bonds is 7. The molecular weight excluding hydrogens is 230 g/mol. The van der Waals surface area contributed by atoms with Crippen LogP contribution in [-0.2, 0) is 23.6 Å². The van der Waals surface area contributed by atoms with Crippen molar-refractivity contribution < 1.29 is 13.5 Å². The van der Waals surface area contributed by atoms with Crippen molar-refractivity contribution in [3.05, 3.63) is 18.0 Å². The molecule has 0 radical (unpaired) electrons. The zero-order valence-corrected chi connectivity index (χ0v) is 10.1. The molecule has 1 heterocycles. The summed E-state index contributed by atoms with van der Waals surface area (Å²) in [6.45, 7) is 0.234. The third kappa shape index (κ3) is 4.73. The summed E-state index contributed by atoms with van der Waals surface area (Å²) in [7, 11) is -1.48. The minimum atomic E-state index is -3.25. The Morgan fingerprint density at radius 1 is 1.50 bits per heavy atom. The highest BCUT2D eigenvalue weighted by Crippen LogP contribution is 1.97. The second kappa shape index (κ2) is 5.97. The fraction of sp³-hybridized carbons (Fsp3) is 0.667. The lowest BCUT2D eigenvalue weighted by Gasteiger charge is -2.04. The zero-order valence-electron chi connectivity index (χ0n) is 9.26. The van der Waals surface area contributed by atoms with E-state index in [1.165, 1.54) is 0 Å². The molecule has 2 N–H and O–H groups in total. The summed E-state index contributed by atoms with van der Waals surface area (Å²) in [6.07, 6.45) is 2.73. The molecule has 0 atom stereocenters. The van der Waals surface area contributed by atoms with Crippen molar-refractivity contribution in [3.8, 4) is 0 Å². The highest BCUT2D eigenvalue weighted by molar-refractivity contribution is 7.89. The summed E-state index contributed by atoms with van der Waals surface area (Å²) >= 11 is 0. The van der Waals surface area contributed by atoms with Crippen LogP contribution in [0.3, 0.4) is 0 Å². The van der Waals surface area contributed by atoms with Gasteiger partial charge < -0.3 is 5.11 Å². The Morgan fingerprint density at radius 3 is 2.81 bits per heavy atom. The van der Waals surface area contributed by atoms with E-state index in [0.29, 0.717) is 18.5 Å². The van der Waals surface area contributed by atoms with Crippen LogP contribution in [0, 0.1) is 0 Å². The number of aliphatic hydroxyl groups is 1. The Bertz CT molecular complexity index is 413. The Labute approximate surface area is 95.3 Å². The Balaban J connectivity index is 2.36. The zero-order chi connectivity index (χ0) is 12.0. The Morgan fingerprint density at radius 2 is 2.25 bits per heavy atom. The topological polar surface area (TPSA) is 84.2 Å². The molecule has 7 heteroatoms. The van der Waals surface area contributed by atoms with Gasteiger partial charge in [-0.2, -0.15) is 5.10 Å². The van der Waals surface area contributed by atoms with Gasteiger partial charge in [-0.15, -0.1) is 0 Å². The molecule has 0 saturated heterocycles. The molecule has 0 spiro atoms. The number of aryl methyl sites for hydroxylation is 1. The van der Waals surface area contributed by atoms with Crippen molar-refractivity contribution in [1.29, 1.82) is 0 Å². The number of sulfonamides is 1. The van der Waals surface area contributed by atoms with E-state index in [1.807, 2.05) is 0 Å². The van der Waals surface area contributed by atoms with Crippen LogP contribution in [0.4, 0.5) is 0 Å². The fourth-order valence-corrected chi connectivity index (χ4v) is 2.31. The van der Waals surface area contributed by atoms with E-state index in [4.69, 9.17) is 5.11 Å². The first-order valence-corrected chi connectivity index (χ1v) is 6.75. The predicted octanol–water partition coefficient (Wildman–Crippen LogP) is -0.388. The molecule has 1 aromatic rings. The van der Waals surface area contributed by atoms with Crippen LogP contribution in [-0.4, -0.2) is 35.7 Å².